The Morgan fingerprint density at radius 3 is 2.29 bits per heavy atom. The molecule has 5 nitrogen and oxygen atoms in total. The Morgan fingerprint density at radius 1 is 1.19 bits per heavy atom. The zero-order valence-electron chi connectivity index (χ0n) is 11.9. The van der Waals surface area contributed by atoms with Crippen LogP contribution in [0.15, 0.2) is 29.2 Å². The molecule has 21 heavy (non-hydrogen) atoms. The molecule has 0 aromatic heterocycles. The summed E-state index contributed by atoms with van der Waals surface area (Å²) in [6.45, 7) is 2.72. The zero-order valence-corrected chi connectivity index (χ0v) is 13.5. The van der Waals surface area contributed by atoms with Gasteiger partial charge in [0.25, 0.3) is 0 Å². The van der Waals surface area contributed by atoms with Gasteiger partial charge in [-0.3, -0.25) is 4.79 Å². The number of amides is 1. The Bertz CT molecular complexity index is 593. The average Bonchev–Trinajstić information content (AvgIpc) is 2.48. The number of nitrogens with zero attached hydrogens (tertiary/aromatic N) is 1. The van der Waals surface area contributed by atoms with Crippen molar-refractivity contribution in [2.24, 2.45) is 0 Å². The minimum Gasteiger partial charge on any atom is -0.325 e. The lowest BCUT2D eigenvalue weighted by Gasteiger charge is -2.25. The highest BCUT2D eigenvalue weighted by Crippen LogP contribution is 2.22. The highest BCUT2D eigenvalue weighted by atomic mass is 35.5. The Kier molecular flexibility index (Phi) is 5.24. The lowest BCUT2D eigenvalue weighted by Crippen LogP contribution is -2.35. The fourth-order valence-corrected chi connectivity index (χ4v) is 3.78. The molecule has 1 saturated heterocycles. The molecule has 1 aliphatic rings. The standard InChI is InChI=1S/C14H19ClN2O3S/c1-11(15)14(18)16-12-5-7-13(8-6-12)21(19,20)17-9-3-2-4-10-17/h5-8,11H,2-4,9-10H2,1H3,(H,16,18). The first-order chi connectivity index (χ1) is 9.91. The molecule has 1 heterocycles. The van der Waals surface area contributed by atoms with E-state index in [1.54, 1.807) is 19.1 Å². The molecule has 1 unspecified atom stereocenters. The molecule has 116 valence electrons. The summed E-state index contributed by atoms with van der Waals surface area (Å²) < 4.78 is 26.4. The van der Waals surface area contributed by atoms with Gasteiger partial charge in [0.2, 0.25) is 15.9 Å². The third-order valence-corrected chi connectivity index (χ3v) is 5.55. The molecule has 0 aliphatic carbocycles. The Hall–Kier alpha value is -1.11. The summed E-state index contributed by atoms with van der Waals surface area (Å²) in [6, 6.07) is 6.18. The van der Waals surface area contributed by atoms with E-state index in [1.165, 1.54) is 16.4 Å². The van der Waals surface area contributed by atoms with Gasteiger partial charge in [-0.15, -0.1) is 11.6 Å². The Morgan fingerprint density at radius 2 is 1.76 bits per heavy atom. The van der Waals surface area contributed by atoms with Crippen molar-refractivity contribution < 1.29 is 13.2 Å². The van der Waals surface area contributed by atoms with Gasteiger partial charge < -0.3 is 5.32 Å². The predicted octanol–water partition coefficient (Wildman–Crippen LogP) is 2.43. The van der Waals surface area contributed by atoms with E-state index in [0.29, 0.717) is 18.8 Å². The van der Waals surface area contributed by atoms with Crippen molar-refractivity contribution in [3.05, 3.63) is 24.3 Å². The van der Waals surface area contributed by atoms with Crippen LogP contribution >= 0.6 is 11.6 Å². The Labute approximate surface area is 130 Å². The predicted molar refractivity (Wildman–Crippen MR) is 83.0 cm³/mol. The van der Waals surface area contributed by atoms with Crippen molar-refractivity contribution >= 4 is 33.2 Å². The maximum absolute atomic E-state index is 12.4. The molecular formula is C14H19ClN2O3S. The van der Waals surface area contributed by atoms with E-state index in [0.717, 1.165) is 19.3 Å². The van der Waals surface area contributed by atoms with E-state index in [-0.39, 0.29) is 10.8 Å². The molecule has 1 atom stereocenters. The topological polar surface area (TPSA) is 66.5 Å². The molecular weight excluding hydrogens is 312 g/mol. The maximum atomic E-state index is 12.4. The SMILES string of the molecule is CC(Cl)C(=O)Nc1ccc(S(=O)(=O)N2CCCCC2)cc1. The summed E-state index contributed by atoms with van der Waals surface area (Å²) in [7, 11) is -3.43. The van der Waals surface area contributed by atoms with Crippen LogP contribution in [-0.2, 0) is 14.8 Å². The van der Waals surface area contributed by atoms with Gasteiger partial charge in [0.15, 0.2) is 0 Å². The summed E-state index contributed by atoms with van der Waals surface area (Å²) in [6.07, 6.45) is 2.88. The number of hydrogen-bond donors (Lipinski definition) is 1. The van der Waals surface area contributed by atoms with Crippen molar-refractivity contribution in [3.63, 3.8) is 0 Å². The molecule has 7 heteroatoms. The molecule has 0 spiro atoms. The number of nitrogens with one attached hydrogen (secondary N) is 1. The first-order valence-corrected chi connectivity index (χ1v) is 8.84. The number of alkyl halides is 1. The van der Waals surface area contributed by atoms with Gasteiger partial charge in [-0.2, -0.15) is 4.31 Å². The van der Waals surface area contributed by atoms with Crippen LogP contribution in [0.3, 0.4) is 0 Å². The summed E-state index contributed by atoms with van der Waals surface area (Å²) in [4.78, 5) is 11.7. The van der Waals surface area contributed by atoms with Crippen LogP contribution in [0.4, 0.5) is 5.69 Å². The quantitative estimate of drug-likeness (QED) is 0.862. The van der Waals surface area contributed by atoms with E-state index >= 15 is 0 Å². The van der Waals surface area contributed by atoms with Crippen molar-refractivity contribution in [2.75, 3.05) is 18.4 Å². The monoisotopic (exact) mass is 330 g/mol. The van der Waals surface area contributed by atoms with E-state index < -0.39 is 15.4 Å². The van der Waals surface area contributed by atoms with Crippen molar-refractivity contribution in [2.45, 2.75) is 36.5 Å². The first kappa shape index (κ1) is 16.3. The molecule has 1 N–H and O–H groups in total. The first-order valence-electron chi connectivity index (χ1n) is 6.96. The highest BCUT2D eigenvalue weighted by Gasteiger charge is 2.25. The number of anilines is 1. The second kappa shape index (κ2) is 6.77. The molecule has 1 aromatic rings. The van der Waals surface area contributed by atoms with Gasteiger partial charge in [0, 0.05) is 18.8 Å². The molecule has 2 rings (SSSR count). The number of sulfonamides is 1. The van der Waals surface area contributed by atoms with E-state index in [2.05, 4.69) is 5.32 Å². The van der Waals surface area contributed by atoms with E-state index in [9.17, 15) is 13.2 Å². The minimum absolute atomic E-state index is 0.251. The fourth-order valence-electron chi connectivity index (χ4n) is 2.21. The van der Waals surface area contributed by atoms with Crippen LogP contribution in [0.1, 0.15) is 26.2 Å². The van der Waals surface area contributed by atoms with Crippen molar-refractivity contribution in [1.29, 1.82) is 0 Å². The summed E-state index contributed by atoms with van der Waals surface area (Å²) >= 11 is 5.67. The molecule has 1 aliphatic heterocycles. The molecule has 0 radical (unpaired) electrons. The smallest absolute Gasteiger partial charge is 0.243 e. The number of benzene rings is 1. The van der Waals surface area contributed by atoms with Crippen LogP contribution < -0.4 is 5.32 Å². The number of piperidine rings is 1. The Balaban J connectivity index is 2.12. The van der Waals surface area contributed by atoms with Gasteiger partial charge in [-0.05, 0) is 44.0 Å². The van der Waals surface area contributed by atoms with Crippen LogP contribution in [0.5, 0.6) is 0 Å². The van der Waals surface area contributed by atoms with Crippen molar-refractivity contribution in [1.82, 2.24) is 4.31 Å². The van der Waals surface area contributed by atoms with Gasteiger partial charge in [0.05, 0.1) is 4.90 Å². The molecule has 1 aromatic carbocycles. The van der Waals surface area contributed by atoms with Crippen LogP contribution in [0.2, 0.25) is 0 Å². The summed E-state index contributed by atoms with van der Waals surface area (Å²) in [5, 5.41) is 1.98. The lowest BCUT2D eigenvalue weighted by atomic mass is 10.2. The summed E-state index contributed by atoms with van der Waals surface area (Å²) in [5.74, 6) is -0.316. The molecule has 1 fully saturated rings. The number of carbonyl (C=O) groups excluding carboxylic acids is 1. The van der Waals surface area contributed by atoms with Gasteiger partial charge in [-0.25, -0.2) is 8.42 Å². The van der Waals surface area contributed by atoms with Crippen LogP contribution in [-0.4, -0.2) is 37.1 Å². The third-order valence-electron chi connectivity index (χ3n) is 3.44. The van der Waals surface area contributed by atoms with Crippen LogP contribution in [0, 0.1) is 0 Å². The number of carbonyl (C=O) groups is 1. The maximum Gasteiger partial charge on any atom is 0.243 e. The summed E-state index contributed by atoms with van der Waals surface area (Å²) in [5.41, 5.74) is 0.532. The molecule has 0 bridgehead atoms. The second-order valence-electron chi connectivity index (χ2n) is 5.09. The third kappa shape index (κ3) is 3.96. The molecule has 0 saturated carbocycles. The number of hydrogen-bond acceptors (Lipinski definition) is 3. The van der Waals surface area contributed by atoms with Crippen LogP contribution in [0.25, 0.3) is 0 Å². The highest BCUT2D eigenvalue weighted by molar-refractivity contribution is 7.89. The van der Waals surface area contributed by atoms with Gasteiger partial charge in [-0.1, -0.05) is 6.42 Å². The molecule has 1 amide bonds. The number of rotatable bonds is 4. The van der Waals surface area contributed by atoms with Gasteiger partial charge in [0.1, 0.15) is 5.38 Å². The van der Waals surface area contributed by atoms with E-state index in [1.807, 2.05) is 0 Å². The zero-order chi connectivity index (χ0) is 15.5. The lowest BCUT2D eigenvalue weighted by molar-refractivity contribution is -0.115. The largest absolute Gasteiger partial charge is 0.325 e. The normalized spacial score (nSPS) is 18.2. The van der Waals surface area contributed by atoms with E-state index in [4.69, 9.17) is 11.6 Å². The van der Waals surface area contributed by atoms with Gasteiger partial charge >= 0.3 is 0 Å². The average molecular weight is 331 g/mol. The minimum atomic E-state index is -3.43. The van der Waals surface area contributed by atoms with Crippen molar-refractivity contribution in [3.8, 4) is 0 Å². The fraction of sp³-hybridized carbons (Fsp3) is 0.500. The second-order valence-corrected chi connectivity index (χ2v) is 7.69. The number of halogens is 1.